The lowest BCUT2D eigenvalue weighted by atomic mass is 10.2. The first-order chi connectivity index (χ1) is 9.45. The van der Waals surface area contributed by atoms with Gasteiger partial charge in [-0.25, -0.2) is 0 Å². The van der Waals surface area contributed by atoms with E-state index >= 15 is 0 Å². The minimum atomic E-state index is -0.198. The molecule has 0 aliphatic heterocycles. The molecule has 0 unspecified atom stereocenters. The zero-order valence-corrected chi connectivity index (χ0v) is 13.4. The number of nitrogens with zero attached hydrogens (tertiary/aromatic N) is 2. The third-order valence-electron chi connectivity index (χ3n) is 3.00. The number of hydrogen-bond donors (Lipinski definition) is 1. The summed E-state index contributed by atoms with van der Waals surface area (Å²) in [4.78, 5) is 11.8. The van der Waals surface area contributed by atoms with Crippen molar-refractivity contribution >= 4 is 21.8 Å². The predicted molar refractivity (Wildman–Crippen MR) is 79.6 cm³/mol. The topological polar surface area (TPSA) is 60.1 Å². The lowest BCUT2D eigenvalue weighted by Gasteiger charge is -2.13. The summed E-state index contributed by atoms with van der Waals surface area (Å²) in [6.07, 6.45) is 0. The second kappa shape index (κ2) is 6.26. The number of amides is 1. The molecule has 0 saturated carbocycles. The van der Waals surface area contributed by atoms with E-state index in [2.05, 4.69) is 33.3 Å². The van der Waals surface area contributed by atoms with Crippen LogP contribution in [0, 0.1) is 19.8 Å². The summed E-state index contributed by atoms with van der Waals surface area (Å²) in [5, 5.41) is 7.28. The summed E-state index contributed by atoms with van der Waals surface area (Å²) in [6.45, 7) is 7.45. The van der Waals surface area contributed by atoms with Gasteiger partial charge in [-0.15, -0.1) is 0 Å². The molecule has 2 aromatic rings. The number of furan rings is 1. The van der Waals surface area contributed by atoms with E-state index in [0.29, 0.717) is 17.0 Å². The Labute approximate surface area is 126 Å². The van der Waals surface area contributed by atoms with Gasteiger partial charge in [0.05, 0.1) is 5.69 Å². The fraction of sp³-hybridized carbons (Fsp3) is 0.429. The van der Waals surface area contributed by atoms with Crippen molar-refractivity contribution in [2.75, 3.05) is 6.54 Å². The van der Waals surface area contributed by atoms with Gasteiger partial charge in [0.2, 0.25) is 0 Å². The molecule has 20 heavy (non-hydrogen) atoms. The Morgan fingerprint density at radius 3 is 2.80 bits per heavy atom. The standard InChI is InChI=1S/C14H18BrN3O2/c1-9(8-18-11(3)6-10(2)17-18)7-16-14(19)12-4-5-13(15)20-12/h4-6,9H,7-8H2,1-3H3,(H,16,19)/t9-/m0/s1. The molecular formula is C14H18BrN3O2. The lowest BCUT2D eigenvalue weighted by molar-refractivity contribution is 0.0917. The van der Waals surface area contributed by atoms with E-state index in [-0.39, 0.29) is 11.8 Å². The second-order valence-corrected chi connectivity index (χ2v) is 5.81. The number of carbonyl (C=O) groups is 1. The van der Waals surface area contributed by atoms with Crippen molar-refractivity contribution in [1.82, 2.24) is 15.1 Å². The van der Waals surface area contributed by atoms with E-state index < -0.39 is 0 Å². The van der Waals surface area contributed by atoms with Crippen LogP contribution in [0.25, 0.3) is 0 Å². The molecule has 1 amide bonds. The van der Waals surface area contributed by atoms with Crippen molar-refractivity contribution in [3.05, 3.63) is 40.0 Å². The minimum Gasteiger partial charge on any atom is -0.444 e. The molecular weight excluding hydrogens is 322 g/mol. The highest BCUT2D eigenvalue weighted by Crippen LogP contribution is 2.14. The fourth-order valence-corrected chi connectivity index (χ4v) is 2.32. The third kappa shape index (κ3) is 3.72. The monoisotopic (exact) mass is 339 g/mol. The smallest absolute Gasteiger partial charge is 0.287 e. The first kappa shape index (κ1) is 14.8. The number of aryl methyl sites for hydroxylation is 2. The van der Waals surface area contributed by atoms with Crippen molar-refractivity contribution < 1.29 is 9.21 Å². The van der Waals surface area contributed by atoms with Gasteiger partial charge in [0, 0.05) is 18.8 Å². The van der Waals surface area contributed by atoms with E-state index in [1.54, 1.807) is 12.1 Å². The molecule has 0 fully saturated rings. The molecule has 1 N–H and O–H groups in total. The van der Waals surface area contributed by atoms with Crippen LogP contribution in [-0.2, 0) is 6.54 Å². The Kier molecular flexibility index (Phi) is 4.65. The summed E-state index contributed by atoms with van der Waals surface area (Å²) >= 11 is 3.18. The van der Waals surface area contributed by atoms with Crippen LogP contribution in [0.3, 0.4) is 0 Å². The van der Waals surface area contributed by atoms with Crippen LogP contribution in [0.15, 0.2) is 27.3 Å². The molecule has 2 heterocycles. The van der Waals surface area contributed by atoms with Crippen molar-refractivity contribution in [2.45, 2.75) is 27.3 Å². The molecule has 0 spiro atoms. The molecule has 0 aliphatic carbocycles. The van der Waals surface area contributed by atoms with Crippen LogP contribution >= 0.6 is 15.9 Å². The van der Waals surface area contributed by atoms with Gasteiger partial charge in [0.25, 0.3) is 5.91 Å². The summed E-state index contributed by atoms with van der Waals surface area (Å²) in [5.41, 5.74) is 2.15. The number of aromatic nitrogens is 2. The van der Waals surface area contributed by atoms with Crippen molar-refractivity contribution in [2.24, 2.45) is 5.92 Å². The average molecular weight is 340 g/mol. The average Bonchev–Trinajstić information content (AvgIpc) is 2.93. The normalized spacial score (nSPS) is 12.4. The van der Waals surface area contributed by atoms with Crippen LogP contribution in [-0.4, -0.2) is 22.2 Å². The van der Waals surface area contributed by atoms with Crippen LogP contribution in [0.4, 0.5) is 0 Å². The Hall–Kier alpha value is -1.56. The Balaban J connectivity index is 1.84. The highest BCUT2D eigenvalue weighted by atomic mass is 79.9. The number of halogens is 1. The van der Waals surface area contributed by atoms with E-state index in [1.165, 1.54) is 0 Å². The Morgan fingerprint density at radius 1 is 1.50 bits per heavy atom. The molecule has 108 valence electrons. The summed E-state index contributed by atoms with van der Waals surface area (Å²) in [5.74, 6) is 0.404. The summed E-state index contributed by atoms with van der Waals surface area (Å²) < 4.78 is 7.73. The number of hydrogen-bond acceptors (Lipinski definition) is 3. The first-order valence-electron chi connectivity index (χ1n) is 6.50. The number of rotatable bonds is 5. The number of carbonyl (C=O) groups excluding carboxylic acids is 1. The molecule has 5 nitrogen and oxygen atoms in total. The Bertz CT molecular complexity index is 603. The zero-order chi connectivity index (χ0) is 14.7. The van der Waals surface area contributed by atoms with Crippen LogP contribution < -0.4 is 5.32 Å². The highest BCUT2D eigenvalue weighted by molar-refractivity contribution is 9.10. The summed E-state index contributed by atoms with van der Waals surface area (Å²) in [6, 6.07) is 5.39. The maximum absolute atomic E-state index is 11.8. The van der Waals surface area contributed by atoms with Gasteiger partial charge in [0.15, 0.2) is 10.4 Å². The molecule has 6 heteroatoms. The van der Waals surface area contributed by atoms with Gasteiger partial charge < -0.3 is 9.73 Å². The molecule has 0 saturated heterocycles. The van der Waals surface area contributed by atoms with Gasteiger partial charge in [-0.2, -0.15) is 5.10 Å². The van der Waals surface area contributed by atoms with Crippen molar-refractivity contribution in [1.29, 1.82) is 0 Å². The summed E-state index contributed by atoms with van der Waals surface area (Å²) in [7, 11) is 0. The van der Waals surface area contributed by atoms with Crippen LogP contribution in [0.5, 0.6) is 0 Å². The van der Waals surface area contributed by atoms with Gasteiger partial charge in [0.1, 0.15) is 0 Å². The molecule has 0 radical (unpaired) electrons. The maximum Gasteiger partial charge on any atom is 0.287 e. The Morgan fingerprint density at radius 2 is 2.25 bits per heavy atom. The maximum atomic E-state index is 11.8. The first-order valence-corrected chi connectivity index (χ1v) is 7.29. The van der Waals surface area contributed by atoms with E-state index in [4.69, 9.17) is 4.42 Å². The van der Waals surface area contributed by atoms with E-state index in [9.17, 15) is 4.79 Å². The van der Waals surface area contributed by atoms with Crippen LogP contribution in [0.1, 0.15) is 28.9 Å². The van der Waals surface area contributed by atoms with Crippen molar-refractivity contribution in [3.63, 3.8) is 0 Å². The van der Waals surface area contributed by atoms with Gasteiger partial charge in [-0.05, 0) is 53.9 Å². The molecule has 0 aromatic carbocycles. The SMILES string of the molecule is Cc1cc(C)n(C[C@@H](C)CNC(=O)c2ccc(Br)o2)n1. The van der Waals surface area contributed by atoms with E-state index in [0.717, 1.165) is 17.9 Å². The molecule has 2 rings (SSSR count). The molecule has 0 bridgehead atoms. The van der Waals surface area contributed by atoms with Crippen LogP contribution in [0.2, 0.25) is 0 Å². The predicted octanol–water partition coefficient (Wildman–Crippen LogP) is 2.92. The highest BCUT2D eigenvalue weighted by Gasteiger charge is 2.12. The van der Waals surface area contributed by atoms with Crippen molar-refractivity contribution in [3.8, 4) is 0 Å². The quantitative estimate of drug-likeness (QED) is 0.910. The molecule has 2 aromatic heterocycles. The van der Waals surface area contributed by atoms with Gasteiger partial charge >= 0.3 is 0 Å². The third-order valence-corrected chi connectivity index (χ3v) is 3.42. The fourth-order valence-electron chi connectivity index (χ4n) is 2.01. The number of nitrogens with one attached hydrogen (secondary N) is 1. The molecule has 0 aliphatic rings. The minimum absolute atomic E-state index is 0.198. The largest absolute Gasteiger partial charge is 0.444 e. The van der Waals surface area contributed by atoms with Gasteiger partial charge in [-0.3, -0.25) is 9.48 Å². The zero-order valence-electron chi connectivity index (χ0n) is 11.8. The molecule has 1 atom stereocenters. The van der Waals surface area contributed by atoms with Gasteiger partial charge in [-0.1, -0.05) is 6.92 Å². The van der Waals surface area contributed by atoms with E-state index in [1.807, 2.05) is 24.6 Å². The lowest BCUT2D eigenvalue weighted by Crippen LogP contribution is -2.30. The second-order valence-electron chi connectivity index (χ2n) is 5.03.